The summed E-state index contributed by atoms with van der Waals surface area (Å²) in [5, 5.41) is 8.55. The van der Waals surface area contributed by atoms with E-state index in [1.807, 2.05) is 38.1 Å². The highest BCUT2D eigenvalue weighted by atomic mass is 16.2. The zero-order valence-electron chi connectivity index (χ0n) is 19.8. The number of fused-ring (bicyclic) bond motifs is 1. The molecule has 1 N–H and O–H groups in total. The Morgan fingerprint density at radius 3 is 2.42 bits per heavy atom. The Labute approximate surface area is 195 Å². The fourth-order valence-corrected chi connectivity index (χ4v) is 4.24. The van der Waals surface area contributed by atoms with Crippen LogP contribution in [0.2, 0.25) is 0 Å². The molecule has 33 heavy (non-hydrogen) atoms. The van der Waals surface area contributed by atoms with Crippen molar-refractivity contribution < 1.29 is 4.79 Å². The highest BCUT2D eigenvalue weighted by Gasteiger charge is 2.17. The van der Waals surface area contributed by atoms with Gasteiger partial charge >= 0.3 is 0 Å². The van der Waals surface area contributed by atoms with Crippen molar-refractivity contribution in [2.75, 3.05) is 33.2 Å². The third-order valence-electron chi connectivity index (χ3n) is 6.07. The first-order valence-corrected chi connectivity index (χ1v) is 11.7. The third-order valence-corrected chi connectivity index (χ3v) is 6.07. The molecular weight excluding hydrogens is 414 g/mol. The van der Waals surface area contributed by atoms with E-state index in [0.717, 1.165) is 38.3 Å². The first kappa shape index (κ1) is 23.1. The van der Waals surface area contributed by atoms with Gasteiger partial charge in [-0.2, -0.15) is 5.10 Å². The monoisotopic (exact) mass is 447 g/mol. The van der Waals surface area contributed by atoms with Crippen molar-refractivity contribution in [3.63, 3.8) is 0 Å². The lowest BCUT2D eigenvalue weighted by atomic mass is 10.1. The lowest BCUT2D eigenvalue weighted by Crippen LogP contribution is -2.43. The largest absolute Gasteiger partial charge is 0.347 e. The van der Waals surface area contributed by atoms with Crippen molar-refractivity contribution in [3.8, 4) is 0 Å². The first-order chi connectivity index (χ1) is 15.9. The summed E-state index contributed by atoms with van der Waals surface area (Å²) in [5.74, 6) is -0.0245. The van der Waals surface area contributed by atoms with Gasteiger partial charge in [-0.1, -0.05) is 56.3 Å². The zero-order chi connectivity index (χ0) is 23.4. The molecular formula is C26H33N5O2. The molecule has 0 saturated carbocycles. The number of benzene rings is 2. The fraction of sp³-hybridized carbons (Fsp3) is 0.423. The van der Waals surface area contributed by atoms with Crippen molar-refractivity contribution in [1.29, 1.82) is 0 Å². The van der Waals surface area contributed by atoms with E-state index in [9.17, 15) is 9.59 Å². The number of nitrogens with zero attached hydrogens (tertiary/aromatic N) is 4. The van der Waals surface area contributed by atoms with Crippen LogP contribution in [-0.2, 0) is 19.6 Å². The Morgan fingerprint density at radius 1 is 1.00 bits per heavy atom. The number of aromatic nitrogens is 2. The number of rotatable bonds is 7. The Hall–Kier alpha value is -3.03. The lowest BCUT2D eigenvalue weighted by molar-refractivity contribution is 0.0945. The van der Waals surface area contributed by atoms with Crippen molar-refractivity contribution in [2.24, 2.45) is 5.92 Å². The molecule has 1 saturated heterocycles. The molecule has 0 spiro atoms. The second kappa shape index (κ2) is 10.3. The molecule has 2 aromatic carbocycles. The minimum absolute atomic E-state index is 0.160. The van der Waals surface area contributed by atoms with E-state index in [1.54, 1.807) is 12.1 Å². The highest BCUT2D eigenvalue weighted by molar-refractivity contribution is 6.04. The first-order valence-electron chi connectivity index (χ1n) is 11.7. The van der Waals surface area contributed by atoms with Gasteiger partial charge < -0.3 is 10.2 Å². The molecule has 0 aliphatic carbocycles. The van der Waals surface area contributed by atoms with Gasteiger partial charge in [-0.05, 0) is 30.2 Å². The molecule has 3 aromatic rings. The van der Waals surface area contributed by atoms with Gasteiger partial charge in [-0.15, -0.1) is 0 Å². The van der Waals surface area contributed by atoms with E-state index in [1.165, 1.54) is 10.2 Å². The molecule has 0 atom stereocenters. The van der Waals surface area contributed by atoms with Crippen LogP contribution in [0, 0.1) is 5.92 Å². The molecule has 2 heterocycles. The van der Waals surface area contributed by atoms with Crippen molar-refractivity contribution in [3.05, 3.63) is 75.7 Å². The maximum Gasteiger partial charge on any atom is 0.274 e. The molecule has 4 rings (SSSR count). The molecule has 7 heteroatoms. The Kier molecular flexibility index (Phi) is 7.20. The molecule has 1 fully saturated rings. The predicted octanol–water partition coefficient (Wildman–Crippen LogP) is 2.73. The van der Waals surface area contributed by atoms with Crippen molar-refractivity contribution in [2.45, 2.75) is 33.5 Å². The number of piperazine rings is 1. The summed E-state index contributed by atoms with van der Waals surface area (Å²) < 4.78 is 1.42. The van der Waals surface area contributed by atoms with Gasteiger partial charge in [0.25, 0.3) is 11.5 Å². The van der Waals surface area contributed by atoms with Crippen LogP contribution in [0.5, 0.6) is 0 Å². The number of hydrogen-bond donors (Lipinski definition) is 1. The number of hydrogen-bond acceptors (Lipinski definition) is 5. The summed E-state index contributed by atoms with van der Waals surface area (Å²) in [6.07, 6.45) is 0. The number of amides is 1. The SMILES string of the molecule is CC(C)Cn1nc(C(=O)NCc2cccc(CN3CCN(C)CC3)c2)c2ccccc2c1=O. The van der Waals surface area contributed by atoms with Gasteiger partial charge in [-0.3, -0.25) is 14.5 Å². The molecule has 1 amide bonds. The van der Waals surface area contributed by atoms with Gasteiger partial charge in [0, 0.05) is 51.2 Å². The molecule has 174 valence electrons. The number of carbonyl (C=O) groups is 1. The minimum Gasteiger partial charge on any atom is -0.347 e. The summed E-state index contributed by atoms with van der Waals surface area (Å²) in [6, 6.07) is 15.6. The van der Waals surface area contributed by atoms with Crippen LogP contribution in [0.3, 0.4) is 0 Å². The fourth-order valence-electron chi connectivity index (χ4n) is 4.24. The van der Waals surface area contributed by atoms with Crippen LogP contribution in [-0.4, -0.2) is 58.7 Å². The minimum atomic E-state index is -0.270. The molecule has 1 aromatic heterocycles. The number of nitrogens with one attached hydrogen (secondary N) is 1. The van der Waals surface area contributed by atoms with E-state index >= 15 is 0 Å². The normalized spacial score (nSPS) is 15.3. The quantitative estimate of drug-likeness (QED) is 0.603. The van der Waals surface area contributed by atoms with Crippen molar-refractivity contribution >= 4 is 16.7 Å². The predicted molar refractivity (Wildman–Crippen MR) is 131 cm³/mol. The molecule has 1 aliphatic rings. The standard InChI is InChI=1S/C26H33N5O2/c1-19(2)17-31-26(33)23-10-5-4-9-22(23)24(28-31)25(32)27-16-20-7-6-8-21(15-20)18-30-13-11-29(3)12-14-30/h4-10,15,19H,11-14,16-18H2,1-3H3,(H,27,32). The third kappa shape index (κ3) is 5.67. The van der Waals surface area contributed by atoms with Crippen LogP contribution in [0.1, 0.15) is 35.5 Å². The molecule has 0 bridgehead atoms. The van der Waals surface area contributed by atoms with E-state index in [-0.39, 0.29) is 17.4 Å². The van der Waals surface area contributed by atoms with Gasteiger partial charge in [0.2, 0.25) is 0 Å². The molecule has 0 radical (unpaired) electrons. The Bertz CT molecular complexity index is 1180. The second-order valence-corrected chi connectivity index (χ2v) is 9.36. The summed E-state index contributed by atoms with van der Waals surface area (Å²) in [7, 11) is 2.16. The topological polar surface area (TPSA) is 70.5 Å². The number of likely N-dealkylation sites (N-methyl/N-ethyl adjacent to an activating group) is 1. The van der Waals surface area contributed by atoms with Crippen LogP contribution in [0.15, 0.2) is 53.3 Å². The summed E-state index contributed by atoms with van der Waals surface area (Å²) in [4.78, 5) is 30.7. The smallest absolute Gasteiger partial charge is 0.274 e. The van der Waals surface area contributed by atoms with Crippen LogP contribution in [0.25, 0.3) is 10.8 Å². The summed E-state index contributed by atoms with van der Waals surface area (Å²) in [6.45, 7) is 10.2. The van der Waals surface area contributed by atoms with Crippen LogP contribution in [0.4, 0.5) is 0 Å². The zero-order valence-corrected chi connectivity index (χ0v) is 19.8. The molecule has 0 unspecified atom stereocenters. The van der Waals surface area contributed by atoms with Crippen molar-refractivity contribution in [1.82, 2.24) is 24.9 Å². The Morgan fingerprint density at radius 2 is 1.70 bits per heavy atom. The van der Waals surface area contributed by atoms with E-state index in [2.05, 4.69) is 39.4 Å². The summed E-state index contributed by atoms with van der Waals surface area (Å²) in [5.41, 5.74) is 2.43. The highest BCUT2D eigenvalue weighted by Crippen LogP contribution is 2.15. The summed E-state index contributed by atoms with van der Waals surface area (Å²) >= 11 is 0. The maximum absolute atomic E-state index is 13.1. The van der Waals surface area contributed by atoms with E-state index in [4.69, 9.17) is 0 Å². The maximum atomic E-state index is 13.1. The van der Waals surface area contributed by atoms with Gasteiger partial charge in [0.15, 0.2) is 5.69 Å². The Balaban J connectivity index is 1.49. The van der Waals surface area contributed by atoms with Gasteiger partial charge in [-0.25, -0.2) is 4.68 Å². The molecule has 7 nitrogen and oxygen atoms in total. The average Bonchev–Trinajstić information content (AvgIpc) is 2.81. The van der Waals surface area contributed by atoms with Crippen LogP contribution < -0.4 is 10.9 Å². The van der Waals surface area contributed by atoms with E-state index in [0.29, 0.717) is 29.6 Å². The molecule has 1 aliphatic heterocycles. The number of carbonyl (C=O) groups excluding carboxylic acids is 1. The second-order valence-electron chi connectivity index (χ2n) is 9.36. The average molecular weight is 448 g/mol. The van der Waals surface area contributed by atoms with Gasteiger partial charge in [0.05, 0.1) is 5.39 Å². The van der Waals surface area contributed by atoms with Gasteiger partial charge in [0.1, 0.15) is 0 Å². The van der Waals surface area contributed by atoms with Crippen LogP contribution >= 0.6 is 0 Å². The van der Waals surface area contributed by atoms with E-state index < -0.39 is 0 Å². The lowest BCUT2D eigenvalue weighted by Gasteiger charge is -2.32.